The molecular weight excluding hydrogens is 497 g/mol. The van der Waals surface area contributed by atoms with Crippen molar-refractivity contribution >= 4 is 50.4 Å². The molecule has 9 heteroatoms. The standard InChI is InChI=1S/C27H27ClFN5OS/c1-3-11-34(2)33-20-7-9-21-24(14-20)36-27-25(21)26(30-16-31-27)32-19-8-10-23(22(28)13-19)35-15-17-5-4-6-18(29)12-17/h4-6,8,10,12-13,16H,3,7,9,11,14-15H2,1-2H3,(H,30,31,32)/b33-20-. The zero-order chi connectivity index (χ0) is 25.1. The molecule has 0 radical (unpaired) electrons. The van der Waals surface area contributed by atoms with Crippen molar-refractivity contribution in [1.29, 1.82) is 0 Å². The first-order chi connectivity index (χ1) is 17.5. The Bertz CT molecular complexity index is 1420. The van der Waals surface area contributed by atoms with Crippen LogP contribution < -0.4 is 10.1 Å². The van der Waals surface area contributed by atoms with E-state index in [0.29, 0.717) is 10.8 Å². The van der Waals surface area contributed by atoms with Crippen LogP contribution in [0.5, 0.6) is 5.75 Å². The van der Waals surface area contributed by atoms with Gasteiger partial charge in [0.05, 0.1) is 10.4 Å². The summed E-state index contributed by atoms with van der Waals surface area (Å²) in [7, 11) is 2.04. The van der Waals surface area contributed by atoms with Crippen LogP contribution in [0.4, 0.5) is 15.9 Å². The smallest absolute Gasteiger partial charge is 0.142 e. The number of benzene rings is 2. The third-order valence-corrected chi connectivity index (χ3v) is 7.47. The maximum atomic E-state index is 13.4. The summed E-state index contributed by atoms with van der Waals surface area (Å²) in [6.07, 6.45) is 5.38. The molecule has 2 aromatic heterocycles. The van der Waals surface area contributed by atoms with Crippen LogP contribution in [-0.2, 0) is 19.4 Å². The van der Waals surface area contributed by atoms with Gasteiger partial charge in [-0.3, -0.25) is 0 Å². The van der Waals surface area contributed by atoms with E-state index in [-0.39, 0.29) is 12.4 Å². The van der Waals surface area contributed by atoms with Crippen molar-refractivity contribution in [3.8, 4) is 5.75 Å². The number of aromatic nitrogens is 2. The summed E-state index contributed by atoms with van der Waals surface area (Å²) < 4.78 is 19.2. The van der Waals surface area contributed by atoms with Gasteiger partial charge in [-0.15, -0.1) is 11.3 Å². The Hall–Kier alpha value is -3.23. The number of nitrogens with zero attached hydrogens (tertiary/aromatic N) is 4. The first kappa shape index (κ1) is 24.5. The fourth-order valence-corrected chi connectivity index (χ4v) is 5.86. The molecule has 0 bridgehead atoms. The van der Waals surface area contributed by atoms with Gasteiger partial charge in [-0.05, 0) is 60.7 Å². The Morgan fingerprint density at radius 2 is 2.08 bits per heavy atom. The van der Waals surface area contributed by atoms with Crippen LogP contribution >= 0.6 is 22.9 Å². The van der Waals surface area contributed by atoms with Gasteiger partial charge < -0.3 is 15.1 Å². The average molecular weight is 524 g/mol. The maximum absolute atomic E-state index is 13.4. The number of nitrogens with one attached hydrogen (secondary N) is 1. The highest BCUT2D eigenvalue weighted by Crippen LogP contribution is 2.39. The molecule has 0 fully saturated rings. The first-order valence-electron chi connectivity index (χ1n) is 12.0. The molecule has 186 valence electrons. The van der Waals surface area contributed by atoms with E-state index in [1.165, 1.54) is 28.3 Å². The van der Waals surface area contributed by atoms with E-state index in [1.54, 1.807) is 29.8 Å². The molecule has 2 aromatic carbocycles. The number of fused-ring (bicyclic) bond motifs is 3. The van der Waals surface area contributed by atoms with E-state index in [1.807, 2.05) is 30.3 Å². The van der Waals surface area contributed by atoms with Crippen molar-refractivity contribution in [3.05, 3.63) is 75.6 Å². The SMILES string of the molecule is CCCN(C)/N=C1/CCc2c(sc3ncnc(Nc4ccc(OCc5cccc(F)c5)c(Cl)c4)c23)C1. The van der Waals surface area contributed by atoms with Crippen LogP contribution in [-0.4, -0.2) is 34.3 Å². The fourth-order valence-electron chi connectivity index (χ4n) is 4.40. The third kappa shape index (κ3) is 5.44. The minimum atomic E-state index is -0.291. The van der Waals surface area contributed by atoms with Gasteiger partial charge in [0.15, 0.2) is 0 Å². The summed E-state index contributed by atoms with van der Waals surface area (Å²) >= 11 is 8.22. The second-order valence-corrected chi connectivity index (χ2v) is 10.3. The normalized spacial score (nSPS) is 14.2. The van der Waals surface area contributed by atoms with E-state index in [9.17, 15) is 4.39 Å². The largest absolute Gasteiger partial charge is 0.487 e. The van der Waals surface area contributed by atoms with Gasteiger partial charge in [0.1, 0.15) is 35.1 Å². The lowest BCUT2D eigenvalue weighted by Gasteiger charge is -2.19. The van der Waals surface area contributed by atoms with E-state index < -0.39 is 0 Å². The number of halogens is 2. The molecule has 0 spiro atoms. The van der Waals surface area contributed by atoms with E-state index >= 15 is 0 Å². The topological polar surface area (TPSA) is 62.6 Å². The molecule has 0 aliphatic heterocycles. The highest BCUT2D eigenvalue weighted by atomic mass is 35.5. The van der Waals surface area contributed by atoms with Crippen molar-refractivity contribution in [2.24, 2.45) is 5.10 Å². The minimum Gasteiger partial charge on any atom is -0.487 e. The molecule has 0 unspecified atom stereocenters. The average Bonchev–Trinajstić information content (AvgIpc) is 3.22. The van der Waals surface area contributed by atoms with Gasteiger partial charge in [-0.2, -0.15) is 5.10 Å². The van der Waals surface area contributed by atoms with Gasteiger partial charge in [-0.25, -0.2) is 14.4 Å². The van der Waals surface area contributed by atoms with Crippen molar-refractivity contribution in [2.75, 3.05) is 18.9 Å². The van der Waals surface area contributed by atoms with Gasteiger partial charge in [0.25, 0.3) is 0 Å². The molecule has 1 aliphatic rings. The molecule has 4 aromatic rings. The molecule has 1 N–H and O–H groups in total. The lowest BCUT2D eigenvalue weighted by atomic mass is 9.95. The molecule has 2 heterocycles. The fraction of sp³-hybridized carbons (Fsp3) is 0.296. The van der Waals surface area contributed by atoms with Gasteiger partial charge >= 0.3 is 0 Å². The van der Waals surface area contributed by atoms with E-state index in [2.05, 4.69) is 22.2 Å². The van der Waals surface area contributed by atoms with Gasteiger partial charge in [-0.1, -0.05) is 30.7 Å². The third-order valence-electron chi connectivity index (χ3n) is 6.04. The Labute approximate surface area is 218 Å². The highest BCUT2D eigenvalue weighted by Gasteiger charge is 2.23. The lowest BCUT2D eigenvalue weighted by molar-refractivity contribution is 0.306. The monoisotopic (exact) mass is 523 g/mol. The summed E-state index contributed by atoms with van der Waals surface area (Å²) in [5.41, 5.74) is 4.06. The number of anilines is 2. The van der Waals surface area contributed by atoms with Crippen LogP contribution in [0.2, 0.25) is 5.02 Å². The molecule has 6 nitrogen and oxygen atoms in total. The van der Waals surface area contributed by atoms with Gasteiger partial charge in [0.2, 0.25) is 0 Å². The molecule has 0 atom stereocenters. The summed E-state index contributed by atoms with van der Waals surface area (Å²) in [4.78, 5) is 11.4. The zero-order valence-electron chi connectivity index (χ0n) is 20.2. The number of rotatable bonds is 8. The van der Waals surface area contributed by atoms with Crippen LogP contribution in [0.3, 0.4) is 0 Å². The second kappa shape index (κ2) is 10.8. The molecule has 0 amide bonds. The maximum Gasteiger partial charge on any atom is 0.142 e. The zero-order valence-corrected chi connectivity index (χ0v) is 21.8. The molecular formula is C27H27ClFN5OS. The quantitative estimate of drug-likeness (QED) is 0.252. The number of hydrogen-bond acceptors (Lipinski definition) is 7. The van der Waals surface area contributed by atoms with Gasteiger partial charge in [0, 0.05) is 36.3 Å². The summed E-state index contributed by atoms with van der Waals surface area (Å²) in [6, 6.07) is 11.8. The molecule has 1 aliphatic carbocycles. The Morgan fingerprint density at radius 3 is 2.89 bits per heavy atom. The number of thiophene rings is 1. The highest BCUT2D eigenvalue weighted by molar-refractivity contribution is 7.19. The van der Waals surface area contributed by atoms with E-state index in [0.717, 1.165) is 59.5 Å². The lowest BCUT2D eigenvalue weighted by Crippen LogP contribution is -2.19. The number of aryl methyl sites for hydroxylation is 1. The molecule has 36 heavy (non-hydrogen) atoms. The Balaban J connectivity index is 1.34. The number of hydrazone groups is 1. The van der Waals surface area contributed by atoms with Crippen molar-refractivity contribution in [3.63, 3.8) is 0 Å². The predicted molar refractivity (Wildman–Crippen MR) is 145 cm³/mol. The predicted octanol–water partition coefficient (Wildman–Crippen LogP) is 6.99. The van der Waals surface area contributed by atoms with Crippen LogP contribution in [0.15, 0.2) is 53.9 Å². The summed E-state index contributed by atoms with van der Waals surface area (Å²) in [6.45, 7) is 3.35. The Morgan fingerprint density at radius 1 is 1.19 bits per heavy atom. The van der Waals surface area contributed by atoms with E-state index in [4.69, 9.17) is 21.4 Å². The van der Waals surface area contributed by atoms with Crippen molar-refractivity contribution < 1.29 is 9.13 Å². The Kier molecular flexibility index (Phi) is 7.34. The number of hydrogen-bond donors (Lipinski definition) is 1. The van der Waals surface area contributed by atoms with Crippen LogP contribution in [0.25, 0.3) is 10.2 Å². The first-order valence-corrected chi connectivity index (χ1v) is 13.2. The van der Waals surface area contributed by atoms with Crippen molar-refractivity contribution in [2.45, 2.75) is 39.2 Å². The molecule has 0 saturated carbocycles. The minimum absolute atomic E-state index is 0.233. The molecule has 5 rings (SSSR count). The number of ether oxygens (including phenoxy) is 1. The molecule has 0 saturated heterocycles. The van der Waals surface area contributed by atoms with Crippen molar-refractivity contribution in [1.82, 2.24) is 15.0 Å². The second-order valence-electron chi connectivity index (χ2n) is 8.82. The van der Waals surface area contributed by atoms with Crippen LogP contribution in [0, 0.1) is 5.82 Å². The summed E-state index contributed by atoms with van der Waals surface area (Å²) in [5.74, 6) is 1.01. The van der Waals surface area contributed by atoms with Crippen LogP contribution in [0.1, 0.15) is 35.8 Å². The summed E-state index contributed by atoms with van der Waals surface area (Å²) in [5, 5.41) is 11.8.